The second-order valence-electron chi connectivity index (χ2n) is 2.23. The third-order valence-corrected chi connectivity index (χ3v) is 1.07. The minimum Gasteiger partial charge on any atom is -0.383 e. The molecule has 0 rings (SSSR count). The Balaban J connectivity index is 3.53. The highest BCUT2D eigenvalue weighted by molar-refractivity contribution is 5.96. The zero-order valence-electron chi connectivity index (χ0n) is 7.29. The van der Waals surface area contributed by atoms with Crippen molar-refractivity contribution in [3.8, 4) is 0 Å². The van der Waals surface area contributed by atoms with E-state index in [0.29, 0.717) is 13.2 Å². The van der Waals surface area contributed by atoms with Crippen molar-refractivity contribution in [2.75, 3.05) is 20.3 Å². The van der Waals surface area contributed by atoms with Crippen LogP contribution in [0, 0.1) is 0 Å². The molecule has 4 heteroatoms. The number of rotatable bonds is 5. The Labute approximate surface area is 71.6 Å². The van der Waals surface area contributed by atoms with Gasteiger partial charge in [-0.05, 0) is 13.0 Å². The van der Waals surface area contributed by atoms with E-state index in [-0.39, 0.29) is 11.7 Å². The number of hydrogen-bond donors (Lipinski definition) is 1. The monoisotopic (exact) mass is 171 g/mol. The number of hydrogen-bond acceptors (Lipinski definition) is 3. The summed E-state index contributed by atoms with van der Waals surface area (Å²) < 4.78 is 4.71. The quantitative estimate of drug-likeness (QED) is 0.464. The van der Waals surface area contributed by atoms with E-state index in [4.69, 9.17) is 4.74 Å². The zero-order chi connectivity index (χ0) is 9.40. The highest BCUT2D eigenvalue weighted by Gasteiger charge is 1.93. The van der Waals surface area contributed by atoms with Crippen molar-refractivity contribution in [3.05, 3.63) is 12.2 Å². The first-order valence-corrected chi connectivity index (χ1v) is 3.62. The molecular formula is C8H13NO3. The topological polar surface area (TPSA) is 55.4 Å². The minimum absolute atomic E-state index is 0.142. The molecule has 0 bridgehead atoms. The molecular weight excluding hydrogens is 158 g/mol. The maximum absolute atomic E-state index is 10.8. The fourth-order valence-corrected chi connectivity index (χ4v) is 0.528. The molecule has 1 amide bonds. The summed E-state index contributed by atoms with van der Waals surface area (Å²) in [5.41, 5.74) is 0. The van der Waals surface area contributed by atoms with Crippen LogP contribution in [0.2, 0.25) is 0 Å². The summed E-state index contributed by atoms with van der Waals surface area (Å²) in [5.74, 6) is -0.417. The fourth-order valence-electron chi connectivity index (χ4n) is 0.528. The van der Waals surface area contributed by atoms with Gasteiger partial charge >= 0.3 is 0 Å². The first kappa shape index (κ1) is 10.8. The molecule has 12 heavy (non-hydrogen) atoms. The Bertz CT molecular complexity index is 187. The van der Waals surface area contributed by atoms with Crippen molar-refractivity contribution in [3.63, 3.8) is 0 Å². The normalized spacial score (nSPS) is 10.2. The molecule has 0 unspecified atom stereocenters. The lowest BCUT2D eigenvalue weighted by atomic mass is 10.4. The summed E-state index contributed by atoms with van der Waals surface area (Å²) in [6.07, 6.45) is 2.43. The first-order chi connectivity index (χ1) is 5.66. The molecule has 0 spiro atoms. The second kappa shape index (κ2) is 6.54. The Kier molecular flexibility index (Phi) is 5.91. The van der Waals surface area contributed by atoms with Crippen LogP contribution in [0.4, 0.5) is 0 Å². The molecule has 0 aromatic heterocycles. The molecule has 0 aliphatic heterocycles. The second-order valence-corrected chi connectivity index (χ2v) is 2.23. The van der Waals surface area contributed by atoms with Crippen molar-refractivity contribution >= 4 is 11.7 Å². The van der Waals surface area contributed by atoms with Gasteiger partial charge in [-0.2, -0.15) is 0 Å². The Morgan fingerprint density at radius 1 is 1.42 bits per heavy atom. The lowest BCUT2D eigenvalue weighted by Gasteiger charge is -1.98. The Morgan fingerprint density at radius 2 is 2.08 bits per heavy atom. The van der Waals surface area contributed by atoms with Gasteiger partial charge in [-0.15, -0.1) is 0 Å². The van der Waals surface area contributed by atoms with Gasteiger partial charge in [0, 0.05) is 19.7 Å². The Hall–Kier alpha value is -1.16. The molecule has 4 nitrogen and oxygen atoms in total. The third-order valence-electron chi connectivity index (χ3n) is 1.07. The smallest absolute Gasteiger partial charge is 0.244 e. The number of ether oxygens (including phenoxy) is 1. The van der Waals surface area contributed by atoms with Gasteiger partial charge in [0.15, 0.2) is 5.78 Å². The molecule has 0 fully saturated rings. The summed E-state index contributed by atoms with van der Waals surface area (Å²) >= 11 is 0. The van der Waals surface area contributed by atoms with Gasteiger partial charge in [0.25, 0.3) is 0 Å². The van der Waals surface area contributed by atoms with E-state index in [1.165, 1.54) is 19.1 Å². The van der Waals surface area contributed by atoms with Crippen molar-refractivity contribution < 1.29 is 14.3 Å². The lowest BCUT2D eigenvalue weighted by Crippen LogP contribution is -2.25. The fraction of sp³-hybridized carbons (Fsp3) is 0.500. The van der Waals surface area contributed by atoms with Crippen molar-refractivity contribution in [1.29, 1.82) is 0 Å². The van der Waals surface area contributed by atoms with Gasteiger partial charge in [-0.25, -0.2) is 0 Å². The molecule has 68 valence electrons. The highest BCUT2D eigenvalue weighted by Crippen LogP contribution is 1.75. The van der Waals surface area contributed by atoms with E-state index in [1.54, 1.807) is 7.11 Å². The number of methoxy groups -OCH3 is 1. The number of allylic oxidation sites excluding steroid dienone is 1. The van der Waals surface area contributed by atoms with E-state index >= 15 is 0 Å². The average Bonchev–Trinajstić information content (AvgIpc) is 2.01. The van der Waals surface area contributed by atoms with E-state index in [1.807, 2.05) is 0 Å². The van der Waals surface area contributed by atoms with E-state index in [9.17, 15) is 9.59 Å². The minimum atomic E-state index is -0.276. The maximum Gasteiger partial charge on any atom is 0.244 e. The van der Waals surface area contributed by atoms with Gasteiger partial charge < -0.3 is 10.1 Å². The first-order valence-electron chi connectivity index (χ1n) is 3.62. The van der Waals surface area contributed by atoms with Gasteiger partial charge in [0.05, 0.1) is 6.61 Å². The molecule has 0 aliphatic rings. The van der Waals surface area contributed by atoms with Crippen LogP contribution in [0.25, 0.3) is 0 Å². The summed E-state index contributed by atoms with van der Waals surface area (Å²) in [6, 6.07) is 0. The molecule has 1 N–H and O–H groups in total. The molecule has 0 aromatic rings. The molecule has 0 saturated carbocycles. The van der Waals surface area contributed by atoms with Crippen molar-refractivity contribution in [2.45, 2.75) is 6.92 Å². The molecule has 0 atom stereocenters. The zero-order valence-corrected chi connectivity index (χ0v) is 7.29. The van der Waals surface area contributed by atoms with Crippen LogP contribution < -0.4 is 5.32 Å². The summed E-state index contributed by atoms with van der Waals surface area (Å²) in [7, 11) is 1.55. The number of ketones is 1. The largest absolute Gasteiger partial charge is 0.383 e. The van der Waals surface area contributed by atoms with Gasteiger partial charge in [-0.3, -0.25) is 9.59 Å². The molecule has 0 heterocycles. The van der Waals surface area contributed by atoms with Gasteiger partial charge in [0.2, 0.25) is 5.91 Å². The van der Waals surface area contributed by atoms with Crippen LogP contribution in [-0.2, 0) is 14.3 Å². The summed E-state index contributed by atoms with van der Waals surface area (Å²) in [4.78, 5) is 21.2. The van der Waals surface area contributed by atoms with Gasteiger partial charge in [0.1, 0.15) is 0 Å². The van der Waals surface area contributed by atoms with Gasteiger partial charge in [-0.1, -0.05) is 0 Å². The third kappa shape index (κ3) is 6.95. The van der Waals surface area contributed by atoms with Crippen LogP contribution in [0.5, 0.6) is 0 Å². The number of nitrogens with one attached hydrogen (secondary N) is 1. The van der Waals surface area contributed by atoms with E-state index in [2.05, 4.69) is 5.32 Å². The standard InChI is InChI=1S/C8H13NO3/c1-7(10)3-4-8(11)9-5-6-12-2/h3-4H,5-6H2,1-2H3,(H,9,11)/b4-3-. The summed E-state index contributed by atoms with van der Waals surface area (Å²) in [5, 5.41) is 2.54. The highest BCUT2D eigenvalue weighted by atomic mass is 16.5. The predicted octanol–water partition coefficient (Wildman–Crippen LogP) is -0.106. The van der Waals surface area contributed by atoms with Crippen molar-refractivity contribution in [1.82, 2.24) is 5.32 Å². The predicted molar refractivity (Wildman–Crippen MR) is 44.7 cm³/mol. The molecule has 0 radical (unpaired) electrons. The number of amides is 1. The van der Waals surface area contributed by atoms with Crippen LogP contribution in [0.1, 0.15) is 6.92 Å². The average molecular weight is 171 g/mol. The SMILES string of the molecule is COCCNC(=O)/C=C\C(C)=O. The van der Waals surface area contributed by atoms with Crippen LogP contribution in [-0.4, -0.2) is 32.0 Å². The van der Waals surface area contributed by atoms with E-state index < -0.39 is 0 Å². The molecule has 0 aromatic carbocycles. The van der Waals surface area contributed by atoms with Crippen LogP contribution in [0.3, 0.4) is 0 Å². The van der Waals surface area contributed by atoms with Crippen LogP contribution in [0.15, 0.2) is 12.2 Å². The summed E-state index contributed by atoms with van der Waals surface area (Å²) in [6.45, 7) is 2.32. The lowest BCUT2D eigenvalue weighted by molar-refractivity contribution is -0.117. The van der Waals surface area contributed by atoms with Crippen LogP contribution >= 0.6 is 0 Å². The van der Waals surface area contributed by atoms with E-state index in [0.717, 1.165) is 0 Å². The number of carbonyl (C=O) groups is 2. The van der Waals surface area contributed by atoms with Crippen molar-refractivity contribution in [2.24, 2.45) is 0 Å². The Morgan fingerprint density at radius 3 is 2.58 bits per heavy atom. The molecule has 0 saturated heterocycles. The molecule has 0 aliphatic carbocycles. The number of carbonyl (C=O) groups excluding carboxylic acids is 2. The maximum atomic E-state index is 10.8.